The molecule has 114 valence electrons. The Morgan fingerprint density at radius 2 is 2.19 bits per heavy atom. The average Bonchev–Trinajstić information content (AvgIpc) is 3.09. The first-order valence-electron chi connectivity index (χ1n) is 7.49. The molecular formula is C15H22N4S2. The first-order chi connectivity index (χ1) is 10.2. The van der Waals surface area contributed by atoms with Crippen LogP contribution >= 0.6 is 22.7 Å². The number of aromatic nitrogens is 2. The maximum absolute atomic E-state index is 4.91. The Balaban J connectivity index is 1.74. The second-order valence-corrected chi connectivity index (χ2v) is 7.70. The molecular weight excluding hydrogens is 300 g/mol. The van der Waals surface area contributed by atoms with Gasteiger partial charge in [0.1, 0.15) is 0 Å². The van der Waals surface area contributed by atoms with Crippen LogP contribution in [0.4, 0.5) is 5.13 Å². The normalized spacial score (nSPS) is 14.6. The van der Waals surface area contributed by atoms with Gasteiger partial charge in [-0.15, -0.1) is 22.7 Å². The summed E-state index contributed by atoms with van der Waals surface area (Å²) in [5.74, 6) is 0.707. The van der Waals surface area contributed by atoms with Crippen molar-refractivity contribution in [3.8, 4) is 0 Å². The molecule has 0 bridgehead atoms. The van der Waals surface area contributed by atoms with Crippen molar-refractivity contribution in [2.24, 2.45) is 0 Å². The summed E-state index contributed by atoms with van der Waals surface area (Å²) in [4.78, 5) is 13.1. The summed E-state index contributed by atoms with van der Waals surface area (Å²) in [6, 6.07) is 0. The summed E-state index contributed by atoms with van der Waals surface area (Å²) in [6.45, 7) is 6.99. The summed E-state index contributed by atoms with van der Waals surface area (Å²) in [5.41, 5.74) is 2.47. The molecule has 0 aliphatic heterocycles. The molecule has 1 fully saturated rings. The lowest BCUT2D eigenvalue weighted by atomic mass is 10.2. The van der Waals surface area contributed by atoms with Gasteiger partial charge >= 0.3 is 0 Å². The minimum Gasteiger partial charge on any atom is -0.345 e. The van der Waals surface area contributed by atoms with Gasteiger partial charge < -0.3 is 10.2 Å². The Bertz CT molecular complexity index is 601. The number of rotatable bonds is 7. The zero-order valence-corrected chi connectivity index (χ0v) is 14.5. The molecule has 2 aromatic rings. The van der Waals surface area contributed by atoms with Crippen LogP contribution in [0.25, 0.3) is 0 Å². The zero-order valence-electron chi connectivity index (χ0n) is 12.8. The first-order valence-corrected chi connectivity index (χ1v) is 9.19. The standard InChI is InChI=1S/C15H22N4S2/c1-4-16-7-13-14(11-5-6-11)18-15(21-13)19(3)8-12-9-20-10(2)17-12/h9,11,16H,4-8H2,1-3H3. The Morgan fingerprint density at radius 1 is 1.38 bits per heavy atom. The minimum absolute atomic E-state index is 0.707. The predicted octanol–water partition coefficient (Wildman–Crippen LogP) is 3.53. The topological polar surface area (TPSA) is 41.0 Å². The number of hydrogen-bond acceptors (Lipinski definition) is 6. The fourth-order valence-corrected chi connectivity index (χ4v) is 4.03. The van der Waals surface area contributed by atoms with Gasteiger partial charge in [0.05, 0.1) is 22.9 Å². The third-order valence-corrected chi connectivity index (χ3v) is 5.62. The molecule has 0 saturated heterocycles. The van der Waals surface area contributed by atoms with Crippen LogP contribution in [0.2, 0.25) is 0 Å². The van der Waals surface area contributed by atoms with Gasteiger partial charge in [0.25, 0.3) is 0 Å². The van der Waals surface area contributed by atoms with E-state index < -0.39 is 0 Å². The van der Waals surface area contributed by atoms with Crippen LogP contribution in [-0.4, -0.2) is 23.6 Å². The van der Waals surface area contributed by atoms with Gasteiger partial charge in [0, 0.05) is 29.8 Å². The second kappa shape index (κ2) is 6.42. The van der Waals surface area contributed by atoms with Gasteiger partial charge in [-0.3, -0.25) is 0 Å². The van der Waals surface area contributed by atoms with Crippen molar-refractivity contribution in [2.45, 2.75) is 45.7 Å². The zero-order chi connectivity index (χ0) is 14.8. The van der Waals surface area contributed by atoms with E-state index >= 15 is 0 Å². The van der Waals surface area contributed by atoms with E-state index in [2.05, 4.69) is 41.5 Å². The Kier molecular flexibility index (Phi) is 4.57. The molecule has 21 heavy (non-hydrogen) atoms. The Hall–Kier alpha value is -0.980. The van der Waals surface area contributed by atoms with E-state index in [0.29, 0.717) is 5.92 Å². The maximum atomic E-state index is 4.91. The lowest BCUT2D eigenvalue weighted by molar-refractivity contribution is 0.726. The summed E-state index contributed by atoms with van der Waals surface area (Å²) in [6.07, 6.45) is 2.61. The lowest BCUT2D eigenvalue weighted by Crippen LogP contribution is -2.16. The van der Waals surface area contributed by atoms with Crippen molar-refractivity contribution < 1.29 is 0 Å². The number of anilines is 1. The fourth-order valence-electron chi connectivity index (χ4n) is 2.35. The highest BCUT2D eigenvalue weighted by atomic mass is 32.1. The van der Waals surface area contributed by atoms with E-state index in [1.165, 1.54) is 23.4 Å². The quantitative estimate of drug-likeness (QED) is 0.846. The molecule has 0 unspecified atom stereocenters. The maximum Gasteiger partial charge on any atom is 0.185 e. The predicted molar refractivity (Wildman–Crippen MR) is 90.4 cm³/mol. The number of nitrogens with zero attached hydrogens (tertiary/aromatic N) is 3. The second-order valence-electron chi connectivity index (χ2n) is 5.57. The molecule has 1 saturated carbocycles. The summed E-state index contributed by atoms with van der Waals surface area (Å²) < 4.78 is 0. The highest BCUT2D eigenvalue weighted by Crippen LogP contribution is 2.44. The summed E-state index contributed by atoms with van der Waals surface area (Å²) in [5, 5.41) is 7.82. The van der Waals surface area contributed by atoms with Gasteiger partial charge in [-0.25, -0.2) is 9.97 Å². The summed E-state index contributed by atoms with van der Waals surface area (Å²) in [7, 11) is 2.11. The number of thiazole rings is 2. The third kappa shape index (κ3) is 3.62. The van der Waals surface area contributed by atoms with E-state index in [0.717, 1.165) is 35.5 Å². The molecule has 2 heterocycles. The van der Waals surface area contributed by atoms with Gasteiger partial charge in [0.15, 0.2) is 5.13 Å². The monoisotopic (exact) mass is 322 g/mol. The minimum atomic E-state index is 0.707. The van der Waals surface area contributed by atoms with Gasteiger partial charge in [0.2, 0.25) is 0 Å². The number of aryl methyl sites for hydroxylation is 1. The molecule has 2 aromatic heterocycles. The molecule has 0 radical (unpaired) electrons. The van der Waals surface area contributed by atoms with Crippen molar-refractivity contribution in [3.05, 3.63) is 26.7 Å². The van der Waals surface area contributed by atoms with Crippen molar-refractivity contribution in [3.63, 3.8) is 0 Å². The molecule has 4 nitrogen and oxygen atoms in total. The van der Waals surface area contributed by atoms with Crippen LogP contribution in [-0.2, 0) is 13.1 Å². The third-order valence-electron chi connectivity index (χ3n) is 3.61. The molecule has 0 spiro atoms. The van der Waals surface area contributed by atoms with Crippen LogP contribution in [0.15, 0.2) is 5.38 Å². The highest BCUT2D eigenvalue weighted by molar-refractivity contribution is 7.15. The molecule has 0 atom stereocenters. The van der Waals surface area contributed by atoms with E-state index in [-0.39, 0.29) is 0 Å². The smallest absolute Gasteiger partial charge is 0.185 e. The fraction of sp³-hybridized carbons (Fsp3) is 0.600. The van der Waals surface area contributed by atoms with E-state index in [1.807, 2.05) is 11.3 Å². The Labute approximate surface area is 134 Å². The largest absolute Gasteiger partial charge is 0.345 e. The van der Waals surface area contributed by atoms with Gasteiger partial charge in [-0.1, -0.05) is 6.92 Å². The highest BCUT2D eigenvalue weighted by Gasteiger charge is 2.30. The first kappa shape index (κ1) is 14.9. The van der Waals surface area contributed by atoms with Gasteiger partial charge in [-0.05, 0) is 26.3 Å². The van der Waals surface area contributed by atoms with Crippen LogP contribution in [0.1, 0.15) is 47.0 Å². The molecule has 6 heteroatoms. The van der Waals surface area contributed by atoms with Crippen LogP contribution in [0.3, 0.4) is 0 Å². The van der Waals surface area contributed by atoms with Gasteiger partial charge in [-0.2, -0.15) is 0 Å². The van der Waals surface area contributed by atoms with Crippen molar-refractivity contribution in [1.82, 2.24) is 15.3 Å². The molecule has 1 N–H and O–H groups in total. The number of hydrogen-bond donors (Lipinski definition) is 1. The van der Waals surface area contributed by atoms with Crippen LogP contribution in [0.5, 0.6) is 0 Å². The van der Waals surface area contributed by atoms with Crippen molar-refractivity contribution in [2.75, 3.05) is 18.5 Å². The van der Waals surface area contributed by atoms with E-state index in [4.69, 9.17) is 4.98 Å². The SMILES string of the molecule is CCNCc1sc(N(C)Cc2csc(C)n2)nc1C1CC1. The van der Waals surface area contributed by atoms with Crippen LogP contribution in [0, 0.1) is 6.92 Å². The van der Waals surface area contributed by atoms with E-state index in [1.54, 1.807) is 11.3 Å². The molecule has 1 aliphatic carbocycles. The molecule has 1 aliphatic rings. The molecule has 0 amide bonds. The molecule has 3 rings (SSSR count). The Morgan fingerprint density at radius 3 is 2.81 bits per heavy atom. The lowest BCUT2D eigenvalue weighted by Gasteiger charge is -2.13. The van der Waals surface area contributed by atoms with Crippen molar-refractivity contribution >= 4 is 27.8 Å². The summed E-state index contributed by atoms with van der Waals surface area (Å²) >= 11 is 3.54. The van der Waals surface area contributed by atoms with Crippen LogP contribution < -0.4 is 10.2 Å². The van der Waals surface area contributed by atoms with Crippen molar-refractivity contribution in [1.29, 1.82) is 0 Å². The van der Waals surface area contributed by atoms with E-state index in [9.17, 15) is 0 Å². The molecule has 0 aromatic carbocycles. The average molecular weight is 323 g/mol. The number of nitrogens with one attached hydrogen (secondary N) is 1.